The van der Waals surface area contributed by atoms with E-state index in [1.807, 2.05) is 6.92 Å². The first-order valence-electron chi connectivity index (χ1n) is 24.3. The molecule has 353 valence electrons. The Bertz CT molecular complexity index is 1690. The second-order valence-electron chi connectivity index (χ2n) is 22.0. The van der Waals surface area contributed by atoms with Gasteiger partial charge in [0.25, 0.3) is 0 Å². The first kappa shape index (κ1) is 46.8. The molecule has 0 aromatic heterocycles. The van der Waals surface area contributed by atoms with Crippen LogP contribution >= 0.6 is 0 Å². The summed E-state index contributed by atoms with van der Waals surface area (Å²) in [5.41, 5.74) is -0.302. The van der Waals surface area contributed by atoms with E-state index in [9.17, 15) is 5.11 Å². The summed E-state index contributed by atoms with van der Waals surface area (Å²) in [5.74, 6) is 1.20. The van der Waals surface area contributed by atoms with Gasteiger partial charge >= 0.3 is 0 Å². The van der Waals surface area contributed by atoms with Crippen molar-refractivity contribution in [3.8, 4) is 0 Å². The molecular weight excluding hydrogens is 889 g/mol. The molecule has 0 bridgehead atoms. The van der Waals surface area contributed by atoms with Gasteiger partial charge < -0.3 is 66.7 Å². The Morgan fingerprint density at radius 3 is 1.79 bits per heavy atom. The molecule has 10 fully saturated rings. The van der Waals surface area contributed by atoms with Crippen molar-refractivity contribution in [3.63, 3.8) is 0 Å². The number of hydrogen-bond acceptors (Lipinski definition) is 14. The quantitative estimate of drug-likeness (QED) is 0.400. The van der Waals surface area contributed by atoms with Gasteiger partial charge in [-0.1, -0.05) is 6.92 Å². The Morgan fingerprint density at radius 1 is 0.587 bits per heavy atom. The SMILES string of the molecule is COCC1(C)OC2CC3OC4CC5OC6CC7OC8CC9OC%10CC%11OC(C)=C(C)CC%11OC%10C(OC)C9OC8C(C)CCC7(C)OC6(C)CCC5OC4CC3OC2CC1CO.[Y]. The molecule has 11 heterocycles. The van der Waals surface area contributed by atoms with Gasteiger partial charge in [0, 0.05) is 104 Å². The summed E-state index contributed by atoms with van der Waals surface area (Å²) in [6, 6.07) is 0. The van der Waals surface area contributed by atoms with Gasteiger partial charge in [-0.2, -0.15) is 0 Å². The molecule has 15 heteroatoms. The van der Waals surface area contributed by atoms with Gasteiger partial charge in [-0.05, 0) is 78.2 Å². The smallest absolute Gasteiger partial charge is 0.127 e. The molecule has 1 N–H and O–H groups in total. The number of fused-ring (bicyclic) bond motifs is 10. The fourth-order valence-electron chi connectivity index (χ4n) is 14.1. The molecule has 0 saturated carbocycles. The van der Waals surface area contributed by atoms with E-state index >= 15 is 0 Å². The summed E-state index contributed by atoms with van der Waals surface area (Å²) in [7, 11) is 3.47. The molecule has 0 aromatic carbocycles. The monoisotopic (exact) mass is 963 g/mol. The van der Waals surface area contributed by atoms with Crippen molar-refractivity contribution in [3.05, 3.63) is 11.3 Å². The molecule has 10 saturated heterocycles. The third-order valence-corrected chi connectivity index (χ3v) is 17.9. The molecule has 14 nitrogen and oxygen atoms in total. The van der Waals surface area contributed by atoms with Gasteiger partial charge in [0.15, 0.2) is 0 Å². The van der Waals surface area contributed by atoms with Gasteiger partial charge in [-0.15, -0.1) is 0 Å². The normalized spacial score (nSPS) is 56.1. The van der Waals surface area contributed by atoms with Crippen LogP contribution in [0.5, 0.6) is 0 Å². The molecular formula is C48H74O14Y. The summed E-state index contributed by atoms with van der Waals surface area (Å²) in [5, 5.41) is 10.3. The number of hydrogen-bond donors (Lipinski definition) is 1. The molecule has 0 aromatic rings. The number of methoxy groups -OCH3 is 2. The van der Waals surface area contributed by atoms with E-state index in [0.717, 1.165) is 82.8 Å². The average molecular weight is 964 g/mol. The summed E-state index contributed by atoms with van der Waals surface area (Å²) < 4.78 is 88.2. The van der Waals surface area contributed by atoms with Crippen LogP contribution < -0.4 is 0 Å². The van der Waals surface area contributed by atoms with Crippen LogP contribution in [0.25, 0.3) is 0 Å². The molecule has 0 aliphatic carbocycles. The minimum absolute atomic E-state index is 0. The third kappa shape index (κ3) is 8.24. The van der Waals surface area contributed by atoms with Crippen LogP contribution in [0.1, 0.15) is 119 Å². The Kier molecular flexibility index (Phi) is 13.2. The Hall–Kier alpha value is 0.124. The van der Waals surface area contributed by atoms with Crippen molar-refractivity contribution in [2.24, 2.45) is 11.8 Å². The topological polar surface area (TPSA) is 140 Å². The number of ether oxygens (including phenoxy) is 13. The van der Waals surface area contributed by atoms with Crippen LogP contribution in [-0.4, -0.2) is 165 Å². The van der Waals surface area contributed by atoms with E-state index in [2.05, 4.69) is 34.6 Å². The van der Waals surface area contributed by atoms with Crippen molar-refractivity contribution in [2.75, 3.05) is 27.4 Å². The van der Waals surface area contributed by atoms with E-state index in [4.69, 9.17) is 61.6 Å². The Morgan fingerprint density at radius 2 is 1.13 bits per heavy atom. The molecule has 0 spiro atoms. The molecule has 1 radical (unpaired) electrons. The zero-order chi connectivity index (χ0) is 42.9. The molecule has 24 unspecified atom stereocenters. The standard InChI is InChI=1S/C48H74O14.Y/c1-23-9-11-46(4)41(58-37-19-39-44(60-42(23)37)45(51-8)43-38(56-39)18-31-28(59-43)13-24(2)25(3)52-31)20-40-47(5,62-46)12-10-27-30(57-40)15-33-32(53-27)16-34-35(55-33)17-36-29(54-34)14-26(21-49)48(6,61-36)22-50-7;/h23,26-45,49H,9-22H2,1-8H3;. The van der Waals surface area contributed by atoms with E-state index < -0.39 is 16.8 Å². The number of aliphatic hydroxyl groups is 1. The predicted octanol–water partition coefficient (Wildman–Crippen LogP) is 5.11. The molecule has 11 rings (SSSR count). The van der Waals surface area contributed by atoms with Crippen molar-refractivity contribution in [1.29, 1.82) is 0 Å². The molecule has 63 heavy (non-hydrogen) atoms. The van der Waals surface area contributed by atoms with Crippen LogP contribution in [0.15, 0.2) is 11.3 Å². The van der Waals surface area contributed by atoms with Gasteiger partial charge in [0.2, 0.25) is 0 Å². The Balaban J connectivity index is 0.00000471. The third-order valence-electron chi connectivity index (χ3n) is 17.9. The van der Waals surface area contributed by atoms with Crippen molar-refractivity contribution in [1.82, 2.24) is 0 Å². The van der Waals surface area contributed by atoms with Crippen molar-refractivity contribution in [2.45, 2.75) is 251 Å². The molecule has 24 atom stereocenters. The van der Waals surface area contributed by atoms with Crippen LogP contribution in [0, 0.1) is 11.8 Å². The maximum absolute atomic E-state index is 10.3. The number of allylic oxidation sites excluding steroid dienone is 1. The maximum atomic E-state index is 10.3. The zero-order valence-electron chi connectivity index (χ0n) is 38.9. The first-order chi connectivity index (χ1) is 29.8. The fraction of sp³-hybridized carbons (Fsp3) is 0.958. The summed E-state index contributed by atoms with van der Waals surface area (Å²) in [6.07, 6.45) is 7.29. The number of rotatable bonds is 4. The Labute approximate surface area is 399 Å². The van der Waals surface area contributed by atoms with E-state index in [-0.39, 0.29) is 167 Å². The summed E-state index contributed by atoms with van der Waals surface area (Å²) in [6.45, 7) is 13.5. The van der Waals surface area contributed by atoms with Crippen LogP contribution in [0.4, 0.5) is 0 Å². The second kappa shape index (κ2) is 17.8. The average Bonchev–Trinajstić information content (AvgIpc) is 3.36. The van der Waals surface area contributed by atoms with Crippen LogP contribution in [0.3, 0.4) is 0 Å². The summed E-state index contributed by atoms with van der Waals surface area (Å²) >= 11 is 0. The van der Waals surface area contributed by atoms with Gasteiger partial charge in [0.05, 0.1) is 121 Å². The van der Waals surface area contributed by atoms with Gasteiger partial charge in [0.1, 0.15) is 24.4 Å². The van der Waals surface area contributed by atoms with Crippen LogP contribution in [-0.2, 0) is 94.3 Å². The van der Waals surface area contributed by atoms with E-state index in [1.54, 1.807) is 14.2 Å². The maximum Gasteiger partial charge on any atom is 0.127 e. The fourth-order valence-corrected chi connectivity index (χ4v) is 14.1. The molecule has 0 amide bonds. The number of aliphatic hydroxyl groups excluding tert-OH is 1. The van der Waals surface area contributed by atoms with Gasteiger partial charge in [-0.3, -0.25) is 0 Å². The zero-order valence-corrected chi connectivity index (χ0v) is 41.7. The minimum Gasteiger partial charge on any atom is -0.492 e. The minimum atomic E-state index is -0.569. The molecule has 11 aliphatic heterocycles. The molecule has 11 aliphatic rings. The largest absolute Gasteiger partial charge is 0.492 e. The van der Waals surface area contributed by atoms with Crippen molar-refractivity contribution < 1.29 is 99.4 Å². The second-order valence-corrected chi connectivity index (χ2v) is 22.0. The predicted molar refractivity (Wildman–Crippen MR) is 222 cm³/mol. The van der Waals surface area contributed by atoms with Crippen LogP contribution in [0.2, 0.25) is 0 Å². The summed E-state index contributed by atoms with van der Waals surface area (Å²) in [4.78, 5) is 0. The van der Waals surface area contributed by atoms with E-state index in [0.29, 0.717) is 6.61 Å². The van der Waals surface area contributed by atoms with Crippen molar-refractivity contribution >= 4 is 0 Å². The van der Waals surface area contributed by atoms with Gasteiger partial charge in [-0.25, -0.2) is 0 Å². The first-order valence-corrected chi connectivity index (χ1v) is 24.3. The van der Waals surface area contributed by atoms with E-state index in [1.165, 1.54) is 5.57 Å².